The molecule has 0 unspecified atom stereocenters. The number of Topliss-reactive ketones (excluding diaryl/α,β-unsaturated/α-hetero) is 1. The molecule has 31 heavy (non-hydrogen) atoms. The van der Waals surface area contributed by atoms with Crippen LogP contribution in [0.15, 0.2) is 53.7 Å². The van der Waals surface area contributed by atoms with Gasteiger partial charge in [0.2, 0.25) is 0 Å². The molecule has 0 aliphatic heterocycles. The number of ether oxygens (including phenoxy) is 1. The summed E-state index contributed by atoms with van der Waals surface area (Å²) in [7, 11) is 1.58. The maximum Gasteiger partial charge on any atom is 0.254 e. The minimum atomic E-state index is -0.558. The van der Waals surface area contributed by atoms with Crippen molar-refractivity contribution in [2.24, 2.45) is 0 Å². The van der Waals surface area contributed by atoms with E-state index in [0.717, 1.165) is 0 Å². The lowest BCUT2D eigenvalue weighted by Crippen LogP contribution is -2.27. The zero-order chi connectivity index (χ0) is 22.2. The van der Waals surface area contributed by atoms with Crippen molar-refractivity contribution < 1.29 is 18.7 Å². The molecular weight excluding hydrogens is 419 g/mol. The Balaban J connectivity index is 1.55. The van der Waals surface area contributed by atoms with Crippen LogP contribution in [0.2, 0.25) is 0 Å². The van der Waals surface area contributed by atoms with Crippen molar-refractivity contribution in [1.82, 2.24) is 20.1 Å². The Morgan fingerprint density at radius 1 is 1.13 bits per heavy atom. The monoisotopic (exact) mass is 442 g/mol. The van der Waals surface area contributed by atoms with Gasteiger partial charge in [-0.2, -0.15) is 0 Å². The van der Waals surface area contributed by atoms with E-state index in [1.54, 1.807) is 37.4 Å². The number of carbonyl (C=O) groups is 2. The molecule has 0 aliphatic rings. The standard InChI is InChI=1S/C22H23FN4O3S/c1-3-27-20(12-13-24-21(29)17-6-4-5-7-18(17)23)25-26-22(27)31-14-19(28)15-8-10-16(30-2)11-9-15/h4-11H,3,12-14H2,1-2H3,(H,24,29). The summed E-state index contributed by atoms with van der Waals surface area (Å²) in [6.45, 7) is 2.88. The number of halogens is 1. The molecule has 3 rings (SSSR count). The summed E-state index contributed by atoms with van der Waals surface area (Å²) in [5, 5.41) is 11.7. The first kappa shape index (κ1) is 22.5. The summed E-state index contributed by atoms with van der Waals surface area (Å²) < 4.78 is 20.7. The van der Waals surface area contributed by atoms with Gasteiger partial charge in [0, 0.05) is 25.1 Å². The average Bonchev–Trinajstić information content (AvgIpc) is 3.19. The quantitative estimate of drug-likeness (QED) is 0.383. The van der Waals surface area contributed by atoms with Crippen LogP contribution < -0.4 is 10.1 Å². The molecule has 162 valence electrons. The zero-order valence-electron chi connectivity index (χ0n) is 17.3. The molecular formula is C22H23FN4O3S. The number of benzene rings is 2. The van der Waals surface area contributed by atoms with Crippen molar-refractivity contribution in [1.29, 1.82) is 0 Å². The maximum absolute atomic E-state index is 13.7. The molecule has 1 amide bonds. The van der Waals surface area contributed by atoms with Crippen molar-refractivity contribution in [2.45, 2.75) is 25.0 Å². The molecule has 2 aromatic carbocycles. The summed E-state index contributed by atoms with van der Waals surface area (Å²) in [5.41, 5.74) is 0.611. The van der Waals surface area contributed by atoms with E-state index < -0.39 is 11.7 Å². The van der Waals surface area contributed by atoms with E-state index in [1.807, 2.05) is 11.5 Å². The second-order valence-corrected chi connectivity index (χ2v) is 7.51. The van der Waals surface area contributed by atoms with Crippen LogP contribution in [0.5, 0.6) is 5.75 Å². The molecule has 1 N–H and O–H groups in total. The number of nitrogens with one attached hydrogen (secondary N) is 1. The summed E-state index contributed by atoms with van der Waals surface area (Å²) in [6, 6.07) is 12.8. The molecule has 0 spiro atoms. The van der Waals surface area contributed by atoms with Gasteiger partial charge in [0.05, 0.1) is 18.4 Å². The molecule has 7 nitrogen and oxygen atoms in total. The van der Waals surface area contributed by atoms with Crippen LogP contribution in [-0.2, 0) is 13.0 Å². The Hall–Kier alpha value is -3.20. The first-order chi connectivity index (χ1) is 15.0. The third-order valence-electron chi connectivity index (χ3n) is 4.61. The van der Waals surface area contributed by atoms with E-state index in [-0.39, 0.29) is 17.1 Å². The second kappa shape index (κ2) is 10.7. The van der Waals surface area contributed by atoms with Crippen molar-refractivity contribution in [3.8, 4) is 5.75 Å². The number of ketones is 1. The Kier molecular flexibility index (Phi) is 7.77. The Morgan fingerprint density at radius 3 is 2.55 bits per heavy atom. The first-order valence-corrected chi connectivity index (χ1v) is 10.8. The van der Waals surface area contributed by atoms with Crippen LogP contribution in [0, 0.1) is 5.82 Å². The van der Waals surface area contributed by atoms with Crippen LogP contribution in [0.1, 0.15) is 33.5 Å². The van der Waals surface area contributed by atoms with Crippen LogP contribution >= 0.6 is 11.8 Å². The summed E-state index contributed by atoms with van der Waals surface area (Å²) in [5.74, 6) is 0.570. The van der Waals surface area contributed by atoms with Gasteiger partial charge >= 0.3 is 0 Å². The average molecular weight is 443 g/mol. The van der Waals surface area contributed by atoms with Gasteiger partial charge in [-0.15, -0.1) is 10.2 Å². The van der Waals surface area contributed by atoms with Crippen LogP contribution in [0.3, 0.4) is 0 Å². The van der Waals surface area contributed by atoms with Gasteiger partial charge in [-0.3, -0.25) is 9.59 Å². The highest BCUT2D eigenvalue weighted by Crippen LogP contribution is 2.20. The lowest BCUT2D eigenvalue weighted by molar-refractivity contribution is 0.0949. The second-order valence-electron chi connectivity index (χ2n) is 6.57. The molecule has 0 atom stereocenters. The highest BCUT2D eigenvalue weighted by Gasteiger charge is 2.15. The van der Waals surface area contributed by atoms with E-state index in [4.69, 9.17) is 4.74 Å². The van der Waals surface area contributed by atoms with Gasteiger partial charge in [0.25, 0.3) is 5.91 Å². The third-order valence-corrected chi connectivity index (χ3v) is 5.57. The largest absolute Gasteiger partial charge is 0.497 e. The lowest BCUT2D eigenvalue weighted by Gasteiger charge is -2.08. The van der Waals surface area contributed by atoms with Gasteiger partial charge in [-0.25, -0.2) is 4.39 Å². The van der Waals surface area contributed by atoms with Gasteiger partial charge < -0.3 is 14.6 Å². The normalized spacial score (nSPS) is 10.7. The molecule has 0 radical (unpaired) electrons. The fraction of sp³-hybridized carbons (Fsp3) is 0.273. The molecule has 0 fully saturated rings. The Morgan fingerprint density at radius 2 is 1.87 bits per heavy atom. The number of nitrogens with zero attached hydrogens (tertiary/aromatic N) is 3. The molecule has 3 aromatic rings. The number of rotatable bonds is 10. The van der Waals surface area contributed by atoms with Crippen LogP contribution in [-0.4, -0.2) is 45.9 Å². The fourth-order valence-electron chi connectivity index (χ4n) is 2.95. The minimum Gasteiger partial charge on any atom is -0.497 e. The number of carbonyl (C=O) groups excluding carboxylic acids is 2. The third kappa shape index (κ3) is 5.69. The van der Waals surface area contributed by atoms with E-state index in [1.165, 1.54) is 30.0 Å². The highest BCUT2D eigenvalue weighted by atomic mass is 32.2. The van der Waals surface area contributed by atoms with Crippen LogP contribution in [0.4, 0.5) is 4.39 Å². The predicted octanol–water partition coefficient (Wildman–Crippen LogP) is 3.39. The van der Waals surface area contributed by atoms with Gasteiger partial charge in [0.15, 0.2) is 10.9 Å². The first-order valence-electron chi connectivity index (χ1n) is 9.78. The van der Waals surface area contributed by atoms with Crippen molar-refractivity contribution in [3.05, 3.63) is 71.3 Å². The molecule has 1 aromatic heterocycles. The summed E-state index contributed by atoms with van der Waals surface area (Å²) in [6.07, 6.45) is 0.439. The Bertz CT molecular complexity index is 1050. The maximum atomic E-state index is 13.7. The number of amides is 1. The number of hydrogen-bond donors (Lipinski definition) is 1. The van der Waals surface area contributed by atoms with Crippen molar-refractivity contribution in [2.75, 3.05) is 19.4 Å². The number of aromatic nitrogens is 3. The Labute approximate surface area is 184 Å². The van der Waals surface area contributed by atoms with Crippen molar-refractivity contribution in [3.63, 3.8) is 0 Å². The molecule has 9 heteroatoms. The summed E-state index contributed by atoms with van der Waals surface area (Å²) in [4.78, 5) is 24.6. The van der Waals surface area contributed by atoms with E-state index >= 15 is 0 Å². The SMILES string of the molecule is CCn1c(CCNC(=O)c2ccccc2F)nnc1SCC(=O)c1ccc(OC)cc1. The van der Waals surface area contributed by atoms with E-state index in [9.17, 15) is 14.0 Å². The molecule has 1 heterocycles. The van der Waals surface area contributed by atoms with E-state index in [0.29, 0.717) is 41.8 Å². The zero-order valence-corrected chi connectivity index (χ0v) is 18.1. The number of hydrogen-bond acceptors (Lipinski definition) is 6. The topological polar surface area (TPSA) is 86.1 Å². The van der Waals surface area contributed by atoms with E-state index in [2.05, 4.69) is 15.5 Å². The lowest BCUT2D eigenvalue weighted by atomic mass is 10.1. The molecule has 0 bridgehead atoms. The molecule has 0 aliphatic carbocycles. The molecule has 0 saturated carbocycles. The predicted molar refractivity (Wildman–Crippen MR) is 116 cm³/mol. The van der Waals surface area contributed by atoms with Gasteiger partial charge in [-0.1, -0.05) is 23.9 Å². The number of methoxy groups -OCH3 is 1. The van der Waals surface area contributed by atoms with Crippen molar-refractivity contribution >= 4 is 23.5 Å². The van der Waals surface area contributed by atoms with Crippen LogP contribution in [0.25, 0.3) is 0 Å². The number of thioether (sulfide) groups is 1. The fourth-order valence-corrected chi connectivity index (χ4v) is 3.86. The minimum absolute atomic E-state index is 0.00717. The summed E-state index contributed by atoms with van der Waals surface area (Å²) >= 11 is 1.32. The smallest absolute Gasteiger partial charge is 0.254 e. The van der Waals surface area contributed by atoms with Gasteiger partial charge in [-0.05, 0) is 43.3 Å². The molecule has 0 saturated heterocycles. The van der Waals surface area contributed by atoms with Gasteiger partial charge in [0.1, 0.15) is 17.4 Å². The highest BCUT2D eigenvalue weighted by molar-refractivity contribution is 7.99.